The number of rotatable bonds is 4. The summed E-state index contributed by atoms with van der Waals surface area (Å²) in [5.41, 5.74) is 0.477. The minimum absolute atomic E-state index is 0.160. The fraction of sp³-hybridized carbons (Fsp3) is 0.353. The van der Waals surface area contributed by atoms with Gasteiger partial charge in [0.15, 0.2) is 17.3 Å². The molecule has 0 radical (unpaired) electrons. The number of fused-ring (bicyclic) bond motifs is 1. The number of hydrogen-bond acceptors (Lipinski definition) is 6. The van der Waals surface area contributed by atoms with Gasteiger partial charge in [0.25, 0.3) is 5.91 Å². The second kappa shape index (κ2) is 6.54. The highest BCUT2D eigenvalue weighted by atomic mass is 19.1. The third kappa shape index (κ3) is 3.19. The van der Waals surface area contributed by atoms with Gasteiger partial charge in [0.1, 0.15) is 6.17 Å². The van der Waals surface area contributed by atoms with E-state index in [1.807, 2.05) is 4.90 Å². The van der Waals surface area contributed by atoms with Crippen LogP contribution in [0.15, 0.2) is 36.5 Å². The Morgan fingerprint density at radius 2 is 2.20 bits per heavy atom. The van der Waals surface area contributed by atoms with Gasteiger partial charge in [0, 0.05) is 24.7 Å². The molecule has 0 aliphatic carbocycles. The zero-order chi connectivity index (χ0) is 17.2. The van der Waals surface area contributed by atoms with E-state index in [0.29, 0.717) is 35.8 Å². The molecule has 25 heavy (non-hydrogen) atoms. The van der Waals surface area contributed by atoms with Crippen LogP contribution in [0.25, 0.3) is 0 Å². The number of benzene rings is 1. The zero-order valence-corrected chi connectivity index (χ0v) is 13.4. The van der Waals surface area contributed by atoms with Gasteiger partial charge in [-0.3, -0.25) is 4.79 Å². The van der Waals surface area contributed by atoms with Crippen molar-refractivity contribution >= 4 is 11.7 Å². The Hall–Kier alpha value is -2.90. The molecule has 0 spiro atoms. The molecule has 1 aromatic heterocycles. The topological polar surface area (TPSA) is 76.6 Å². The molecule has 2 aliphatic heterocycles. The van der Waals surface area contributed by atoms with E-state index in [0.717, 1.165) is 0 Å². The maximum atomic E-state index is 13.9. The van der Waals surface area contributed by atoms with Gasteiger partial charge in [0.2, 0.25) is 6.79 Å². The maximum absolute atomic E-state index is 13.9. The predicted molar refractivity (Wildman–Crippen MR) is 87.6 cm³/mol. The Balaban J connectivity index is 1.42. The smallest absolute Gasteiger partial charge is 0.251 e. The van der Waals surface area contributed by atoms with Crippen LogP contribution in [0.4, 0.5) is 10.2 Å². The molecule has 1 amide bonds. The van der Waals surface area contributed by atoms with E-state index in [1.165, 1.54) is 0 Å². The molecule has 2 aliphatic rings. The van der Waals surface area contributed by atoms with E-state index in [4.69, 9.17) is 9.47 Å². The molecular weight excluding hydrogens is 327 g/mol. The number of halogens is 1. The van der Waals surface area contributed by atoms with Crippen LogP contribution in [0.2, 0.25) is 0 Å². The summed E-state index contributed by atoms with van der Waals surface area (Å²) in [7, 11) is 0. The van der Waals surface area contributed by atoms with Crippen LogP contribution in [-0.2, 0) is 0 Å². The van der Waals surface area contributed by atoms with Crippen molar-refractivity contribution in [2.75, 3.05) is 24.8 Å². The lowest BCUT2D eigenvalue weighted by atomic mass is 10.1. The first-order valence-electron chi connectivity index (χ1n) is 8.07. The van der Waals surface area contributed by atoms with E-state index in [-0.39, 0.29) is 25.3 Å². The summed E-state index contributed by atoms with van der Waals surface area (Å²) >= 11 is 0. The predicted octanol–water partition coefficient (Wildman–Crippen LogP) is 1.55. The van der Waals surface area contributed by atoms with Gasteiger partial charge in [-0.05, 0) is 30.3 Å². The fourth-order valence-corrected chi connectivity index (χ4v) is 3.13. The molecule has 130 valence electrons. The summed E-state index contributed by atoms with van der Waals surface area (Å²) < 4.78 is 24.4. The van der Waals surface area contributed by atoms with Crippen molar-refractivity contribution in [2.45, 2.75) is 18.6 Å². The Bertz CT molecular complexity index is 774. The fourth-order valence-electron chi connectivity index (χ4n) is 3.13. The first kappa shape index (κ1) is 15.6. The van der Waals surface area contributed by atoms with Crippen molar-refractivity contribution in [1.29, 1.82) is 0 Å². The summed E-state index contributed by atoms with van der Waals surface area (Å²) in [4.78, 5) is 14.2. The van der Waals surface area contributed by atoms with E-state index in [9.17, 15) is 9.18 Å². The van der Waals surface area contributed by atoms with Gasteiger partial charge < -0.3 is 19.7 Å². The van der Waals surface area contributed by atoms with Gasteiger partial charge in [-0.2, -0.15) is 5.10 Å². The summed E-state index contributed by atoms with van der Waals surface area (Å²) in [5, 5.41) is 10.7. The van der Waals surface area contributed by atoms with Crippen LogP contribution >= 0.6 is 0 Å². The van der Waals surface area contributed by atoms with E-state index in [2.05, 4.69) is 15.5 Å². The number of anilines is 1. The molecule has 8 heteroatoms. The quantitative estimate of drug-likeness (QED) is 0.907. The lowest BCUT2D eigenvalue weighted by Gasteiger charge is -2.24. The van der Waals surface area contributed by atoms with E-state index >= 15 is 0 Å². The third-order valence-corrected chi connectivity index (χ3v) is 4.35. The molecule has 4 rings (SSSR count). The molecule has 1 aromatic carbocycles. The number of alkyl halides is 1. The van der Waals surface area contributed by atoms with E-state index < -0.39 is 6.17 Å². The molecular formula is C17H17FN4O3. The molecule has 1 saturated heterocycles. The Kier molecular flexibility index (Phi) is 4.09. The van der Waals surface area contributed by atoms with Crippen molar-refractivity contribution in [3.8, 4) is 11.5 Å². The second-order valence-corrected chi connectivity index (χ2v) is 6.00. The summed E-state index contributed by atoms with van der Waals surface area (Å²) in [6.07, 6.45) is 0.968. The Labute approximate surface area is 143 Å². The molecule has 0 saturated carbocycles. The van der Waals surface area contributed by atoms with Crippen LogP contribution in [0, 0.1) is 0 Å². The summed E-state index contributed by atoms with van der Waals surface area (Å²) in [5.74, 6) is 1.56. The molecule has 1 N–H and O–H groups in total. The number of carbonyl (C=O) groups is 1. The zero-order valence-electron chi connectivity index (χ0n) is 13.4. The highest BCUT2D eigenvalue weighted by Crippen LogP contribution is 2.32. The number of hydrogen-bond donors (Lipinski definition) is 1. The Morgan fingerprint density at radius 1 is 1.32 bits per heavy atom. The third-order valence-electron chi connectivity index (χ3n) is 4.35. The van der Waals surface area contributed by atoms with Gasteiger partial charge in [-0.25, -0.2) is 4.39 Å². The molecule has 2 atom stereocenters. The highest BCUT2D eigenvalue weighted by Gasteiger charge is 2.33. The summed E-state index contributed by atoms with van der Waals surface area (Å²) in [6, 6.07) is 8.41. The highest BCUT2D eigenvalue weighted by molar-refractivity contribution is 5.95. The first-order valence-corrected chi connectivity index (χ1v) is 8.07. The average molecular weight is 344 g/mol. The van der Waals surface area contributed by atoms with Crippen molar-refractivity contribution in [3.63, 3.8) is 0 Å². The molecule has 2 aromatic rings. The molecule has 3 heterocycles. The minimum atomic E-state index is -0.950. The van der Waals surface area contributed by atoms with Crippen LogP contribution < -0.4 is 19.7 Å². The molecule has 1 fully saturated rings. The van der Waals surface area contributed by atoms with Crippen molar-refractivity contribution in [3.05, 3.63) is 42.1 Å². The average Bonchev–Trinajstić information content (AvgIpc) is 3.25. The van der Waals surface area contributed by atoms with Crippen LogP contribution in [0.5, 0.6) is 11.5 Å². The van der Waals surface area contributed by atoms with Gasteiger partial charge in [-0.15, -0.1) is 5.10 Å². The van der Waals surface area contributed by atoms with Crippen LogP contribution in [0.1, 0.15) is 16.8 Å². The Morgan fingerprint density at radius 3 is 3.04 bits per heavy atom. The standard InChI is InChI=1S/C17H17FN4O3/c18-12-7-13(22(9-12)16-2-1-5-20-21-16)8-19-17(23)11-3-4-14-15(6-11)25-10-24-14/h1-6,12-13H,7-10H2,(H,19,23)/t12-,13-/m0/s1. The van der Waals surface area contributed by atoms with Crippen molar-refractivity contribution in [1.82, 2.24) is 15.5 Å². The molecule has 7 nitrogen and oxygen atoms in total. The lowest BCUT2D eigenvalue weighted by Crippen LogP contribution is -2.40. The van der Waals surface area contributed by atoms with Gasteiger partial charge >= 0.3 is 0 Å². The van der Waals surface area contributed by atoms with Crippen molar-refractivity contribution < 1.29 is 18.7 Å². The van der Waals surface area contributed by atoms with Gasteiger partial charge in [0.05, 0.1) is 12.6 Å². The SMILES string of the molecule is O=C(NC[C@@H]1C[C@H](F)CN1c1cccnn1)c1ccc2c(c1)OCO2. The molecule has 0 unspecified atom stereocenters. The number of nitrogens with zero attached hydrogens (tertiary/aromatic N) is 3. The van der Waals surface area contributed by atoms with E-state index in [1.54, 1.807) is 36.5 Å². The largest absolute Gasteiger partial charge is 0.454 e. The number of amides is 1. The minimum Gasteiger partial charge on any atom is -0.454 e. The second-order valence-electron chi connectivity index (χ2n) is 6.00. The van der Waals surface area contributed by atoms with Gasteiger partial charge in [-0.1, -0.05) is 0 Å². The first-order chi connectivity index (χ1) is 12.2. The number of ether oxygens (including phenoxy) is 2. The normalized spacial score (nSPS) is 21.4. The number of nitrogens with one attached hydrogen (secondary N) is 1. The molecule has 0 bridgehead atoms. The van der Waals surface area contributed by atoms with Crippen molar-refractivity contribution in [2.24, 2.45) is 0 Å². The summed E-state index contributed by atoms with van der Waals surface area (Å²) in [6.45, 7) is 0.737. The number of carbonyl (C=O) groups excluding carboxylic acids is 1. The lowest BCUT2D eigenvalue weighted by molar-refractivity contribution is 0.0950. The van der Waals surface area contributed by atoms with Crippen LogP contribution in [-0.4, -0.2) is 48.2 Å². The van der Waals surface area contributed by atoms with Crippen LogP contribution in [0.3, 0.4) is 0 Å². The number of aromatic nitrogens is 2. The maximum Gasteiger partial charge on any atom is 0.251 e. The monoisotopic (exact) mass is 344 g/mol.